The van der Waals surface area contributed by atoms with Crippen LogP contribution in [0.1, 0.15) is 35.2 Å². The molecule has 1 spiro atoms. The number of urea groups is 1. The average molecular weight is 515 g/mol. The first-order valence-corrected chi connectivity index (χ1v) is 12.7. The molecule has 0 bridgehead atoms. The van der Waals surface area contributed by atoms with Gasteiger partial charge in [0.1, 0.15) is 11.6 Å². The first-order chi connectivity index (χ1) is 17.8. The molecule has 2 aromatic carbocycles. The number of ketones is 1. The Balaban J connectivity index is 1.15. The molecule has 3 heterocycles. The topological polar surface area (TPSA) is 83.1 Å². The number of anilines is 2. The lowest BCUT2D eigenvalue weighted by molar-refractivity contribution is -0.0819. The standard InChI is InChI=1S/C27H32F2N4O4/c1-32-24-5-3-19(28)13-21(24)25(34)14-27(32)6-8-33(9-7-27)26(35)31-15-18-2-4-22(29)23(12-18)30-16-20-17-36-10-11-37-20/h2-5,12-13,20,30H,6-11,14-17H2,1H3,(H,31,35). The first kappa shape index (κ1) is 25.4. The molecule has 5 rings (SSSR count). The van der Waals surface area contributed by atoms with Crippen LogP contribution in [0.25, 0.3) is 0 Å². The van der Waals surface area contributed by atoms with Gasteiger partial charge in [0.15, 0.2) is 5.78 Å². The lowest BCUT2D eigenvalue weighted by atomic mass is 9.77. The zero-order chi connectivity index (χ0) is 26.0. The van der Waals surface area contributed by atoms with E-state index in [0.29, 0.717) is 70.0 Å². The zero-order valence-electron chi connectivity index (χ0n) is 20.9. The molecule has 3 aliphatic heterocycles. The molecule has 10 heteroatoms. The Labute approximate surface area is 214 Å². The molecular formula is C27H32F2N4O4. The third-order valence-electron chi connectivity index (χ3n) is 7.68. The number of nitrogens with one attached hydrogen (secondary N) is 2. The summed E-state index contributed by atoms with van der Waals surface area (Å²) in [6.07, 6.45) is 1.44. The molecule has 2 aromatic rings. The van der Waals surface area contributed by atoms with Crippen molar-refractivity contribution in [1.29, 1.82) is 0 Å². The number of fused-ring (bicyclic) bond motifs is 1. The van der Waals surface area contributed by atoms with Gasteiger partial charge in [-0.25, -0.2) is 13.6 Å². The van der Waals surface area contributed by atoms with Gasteiger partial charge in [-0.3, -0.25) is 4.79 Å². The predicted octanol–water partition coefficient (Wildman–Crippen LogP) is 3.56. The number of Topliss-reactive ketones (excluding diaryl/α,β-unsaturated/α-hetero) is 1. The average Bonchev–Trinajstić information content (AvgIpc) is 2.91. The van der Waals surface area contributed by atoms with Crippen LogP contribution in [0.5, 0.6) is 0 Å². The zero-order valence-corrected chi connectivity index (χ0v) is 20.9. The van der Waals surface area contributed by atoms with Crippen molar-refractivity contribution in [2.45, 2.75) is 37.5 Å². The Morgan fingerprint density at radius 1 is 1.14 bits per heavy atom. The number of carbonyl (C=O) groups is 2. The van der Waals surface area contributed by atoms with Crippen molar-refractivity contribution in [2.75, 3.05) is 56.7 Å². The van der Waals surface area contributed by atoms with Crippen LogP contribution in [0.15, 0.2) is 36.4 Å². The van der Waals surface area contributed by atoms with Crippen LogP contribution in [-0.4, -0.2) is 74.9 Å². The van der Waals surface area contributed by atoms with E-state index in [1.807, 2.05) is 7.05 Å². The highest BCUT2D eigenvalue weighted by atomic mass is 19.1. The summed E-state index contributed by atoms with van der Waals surface area (Å²) < 4.78 is 38.9. The second-order valence-corrected chi connectivity index (χ2v) is 9.95. The van der Waals surface area contributed by atoms with E-state index in [9.17, 15) is 18.4 Å². The van der Waals surface area contributed by atoms with E-state index in [-0.39, 0.29) is 35.8 Å². The SMILES string of the molecule is CN1c2ccc(F)cc2C(=O)CC12CCN(C(=O)NCc1ccc(F)c(NCC3COCCO3)c1)CC2. The van der Waals surface area contributed by atoms with E-state index in [1.54, 1.807) is 23.1 Å². The molecule has 0 aliphatic carbocycles. The van der Waals surface area contributed by atoms with Crippen molar-refractivity contribution in [1.82, 2.24) is 10.2 Å². The molecule has 1 unspecified atom stereocenters. The van der Waals surface area contributed by atoms with Crippen LogP contribution in [0.3, 0.4) is 0 Å². The van der Waals surface area contributed by atoms with Crippen molar-refractivity contribution in [3.8, 4) is 0 Å². The Morgan fingerprint density at radius 3 is 2.70 bits per heavy atom. The second kappa shape index (κ2) is 10.6. The highest BCUT2D eigenvalue weighted by Gasteiger charge is 2.45. The van der Waals surface area contributed by atoms with Crippen LogP contribution < -0.4 is 15.5 Å². The van der Waals surface area contributed by atoms with E-state index in [2.05, 4.69) is 15.5 Å². The molecule has 3 aliphatic rings. The number of hydrogen-bond donors (Lipinski definition) is 2. The van der Waals surface area contributed by atoms with Gasteiger partial charge >= 0.3 is 6.03 Å². The number of piperidine rings is 1. The number of rotatable bonds is 5. The fourth-order valence-electron chi connectivity index (χ4n) is 5.42. The van der Waals surface area contributed by atoms with E-state index >= 15 is 0 Å². The minimum Gasteiger partial charge on any atom is -0.380 e. The number of likely N-dealkylation sites (tertiary alicyclic amines) is 1. The van der Waals surface area contributed by atoms with Crippen LogP contribution >= 0.6 is 0 Å². The Hall–Kier alpha value is -3.24. The maximum atomic E-state index is 14.3. The second-order valence-electron chi connectivity index (χ2n) is 9.95. The first-order valence-electron chi connectivity index (χ1n) is 12.7. The molecule has 0 radical (unpaired) electrons. The normalized spacial score (nSPS) is 21.1. The quantitative estimate of drug-likeness (QED) is 0.635. The smallest absolute Gasteiger partial charge is 0.317 e. The van der Waals surface area contributed by atoms with Crippen LogP contribution in [0.4, 0.5) is 25.0 Å². The molecule has 198 valence electrons. The third-order valence-corrected chi connectivity index (χ3v) is 7.68. The number of carbonyl (C=O) groups excluding carboxylic acids is 2. The predicted molar refractivity (Wildman–Crippen MR) is 135 cm³/mol. The Kier molecular flexibility index (Phi) is 7.30. The maximum Gasteiger partial charge on any atom is 0.317 e. The lowest BCUT2D eigenvalue weighted by Crippen LogP contribution is -2.59. The minimum atomic E-state index is -0.417. The monoisotopic (exact) mass is 514 g/mol. The van der Waals surface area contributed by atoms with E-state index in [4.69, 9.17) is 9.47 Å². The van der Waals surface area contributed by atoms with Crippen LogP contribution in [-0.2, 0) is 16.0 Å². The summed E-state index contributed by atoms with van der Waals surface area (Å²) in [7, 11) is 1.94. The van der Waals surface area contributed by atoms with Gasteiger partial charge in [0.25, 0.3) is 0 Å². The molecule has 0 saturated carbocycles. The summed E-state index contributed by atoms with van der Waals surface area (Å²) in [4.78, 5) is 29.5. The lowest BCUT2D eigenvalue weighted by Gasteiger charge is -2.50. The van der Waals surface area contributed by atoms with E-state index in [0.717, 1.165) is 11.3 Å². The number of hydrogen-bond acceptors (Lipinski definition) is 6. The van der Waals surface area contributed by atoms with Gasteiger partial charge < -0.3 is 29.9 Å². The van der Waals surface area contributed by atoms with Gasteiger partial charge in [0, 0.05) is 50.9 Å². The Bertz CT molecular complexity index is 1160. The van der Waals surface area contributed by atoms with Gasteiger partial charge in [-0.1, -0.05) is 6.07 Å². The summed E-state index contributed by atoms with van der Waals surface area (Å²) in [5, 5.41) is 5.99. The van der Waals surface area contributed by atoms with Gasteiger partial charge in [-0.05, 0) is 48.7 Å². The van der Waals surface area contributed by atoms with Crippen molar-refractivity contribution in [2.24, 2.45) is 0 Å². The number of nitrogens with zero attached hydrogens (tertiary/aromatic N) is 2. The number of benzene rings is 2. The van der Waals surface area contributed by atoms with Crippen molar-refractivity contribution >= 4 is 23.2 Å². The molecule has 0 aromatic heterocycles. The highest BCUT2D eigenvalue weighted by Crippen LogP contribution is 2.42. The van der Waals surface area contributed by atoms with Crippen molar-refractivity contribution in [3.63, 3.8) is 0 Å². The third kappa shape index (κ3) is 5.40. The summed E-state index contributed by atoms with van der Waals surface area (Å²) in [6, 6.07) is 8.85. The fraction of sp³-hybridized carbons (Fsp3) is 0.481. The molecule has 2 N–H and O–H groups in total. The summed E-state index contributed by atoms with van der Waals surface area (Å²) in [6.45, 7) is 3.25. The van der Waals surface area contributed by atoms with Gasteiger partial charge in [0.05, 0.1) is 37.2 Å². The molecule has 37 heavy (non-hydrogen) atoms. The minimum absolute atomic E-state index is 0.0613. The molecule has 2 amide bonds. The van der Waals surface area contributed by atoms with E-state index < -0.39 is 5.82 Å². The maximum absolute atomic E-state index is 14.3. The molecule has 2 fully saturated rings. The van der Waals surface area contributed by atoms with Gasteiger partial charge in [-0.2, -0.15) is 0 Å². The summed E-state index contributed by atoms with van der Waals surface area (Å²) in [5.74, 6) is -0.850. The van der Waals surface area contributed by atoms with Crippen molar-refractivity contribution < 1.29 is 27.8 Å². The fourth-order valence-corrected chi connectivity index (χ4v) is 5.42. The van der Waals surface area contributed by atoms with Crippen molar-refractivity contribution in [3.05, 3.63) is 59.2 Å². The van der Waals surface area contributed by atoms with Crippen LogP contribution in [0.2, 0.25) is 0 Å². The number of amides is 2. The largest absolute Gasteiger partial charge is 0.380 e. The van der Waals surface area contributed by atoms with Crippen LogP contribution in [0, 0.1) is 11.6 Å². The number of ether oxygens (including phenoxy) is 2. The van der Waals surface area contributed by atoms with E-state index in [1.165, 1.54) is 18.2 Å². The Morgan fingerprint density at radius 2 is 1.95 bits per heavy atom. The summed E-state index contributed by atoms with van der Waals surface area (Å²) in [5.41, 5.74) is 1.89. The van der Waals surface area contributed by atoms with Gasteiger partial charge in [-0.15, -0.1) is 0 Å². The molecule has 2 saturated heterocycles. The molecule has 8 nitrogen and oxygen atoms in total. The highest BCUT2D eigenvalue weighted by molar-refractivity contribution is 6.04. The number of halogens is 2. The summed E-state index contributed by atoms with van der Waals surface area (Å²) >= 11 is 0. The molecule has 1 atom stereocenters. The van der Waals surface area contributed by atoms with Gasteiger partial charge in [0.2, 0.25) is 0 Å². The molecular weight excluding hydrogens is 482 g/mol.